The summed E-state index contributed by atoms with van der Waals surface area (Å²) in [4.78, 5) is 26.6. The molecule has 9 heteroatoms. The number of aryl methyl sites for hydroxylation is 2. The molecule has 0 saturated heterocycles. The highest BCUT2D eigenvalue weighted by atomic mass is 35.5. The fraction of sp³-hybridized carbons (Fsp3) is 0.261. The number of carbonyl (C=O) groups is 2. The minimum Gasteiger partial charge on any atom is -0.495 e. The fourth-order valence-corrected chi connectivity index (χ4v) is 3.34. The first-order valence-electron chi connectivity index (χ1n) is 10.0. The van der Waals surface area contributed by atoms with Crippen LogP contribution >= 0.6 is 11.6 Å². The van der Waals surface area contributed by atoms with Crippen molar-refractivity contribution in [2.24, 2.45) is 0 Å². The smallest absolute Gasteiger partial charge is 0.239 e. The Morgan fingerprint density at radius 2 is 1.69 bits per heavy atom. The van der Waals surface area contributed by atoms with Crippen molar-refractivity contribution in [3.05, 3.63) is 64.8 Å². The number of halogens is 1. The molecule has 0 atom stereocenters. The molecule has 0 saturated carbocycles. The maximum Gasteiger partial charge on any atom is 0.239 e. The maximum absolute atomic E-state index is 12.6. The van der Waals surface area contributed by atoms with E-state index in [-0.39, 0.29) is 24.9 Å². The van der Waals surface area contributed by atoms with E-state index < -0.39 is 0 Å². The molecule has 0 unspecified atom stereocenters. The van der Waals surface area contributed by atoms with Crippen LogP contribution in [0.25, 0.3) is 5.69 Å². The van der Waals surface area contributed by atoms with Crippen molar-refractivity contribution in [3.63, 3.8) is 0 Å². The second-order valence-electron chi connectivity index (χ2n) is 7.53. The van der Waals surface area contributed by atoms with Gasteiger partial charge in [0.1, 0.15) is 11.6 Å². The second-order valence-corrected chi connectivity index (χ2v) is 7.97. The number of hydrogen-bond donors (Lipinski definition) is 2. The van der Waals surface area contributed by atoms with E-state index in [9.17, 15) is 9.59 Å². The van der Waals surface area contributed by atoms with Gasteiger partial charge in [-0.15, -0.1) is 0 Å². The lowest BCUT2D eigenvalue weighted by Gasteiger charge is -2.17. The molecule has 0 bridgehead atoms. The normalized spacial score (nSPS) is 10.8. The Labute approximate surface area is 192 Å². The molecule has 0 aliphatic heterocycles. The van der Waals surface area contributed by atoms with E-state index in [0.717, 1.165) is 16.9 Å². The Kier molecular flexibility index (Phi) is 7.50. The van der Waals surface area contributed by atoms with Crippen molar-refractivity contribution >= 4 is 34.9 Å². The zero-order chi connectivity index (χ0) is 23.3. The van der Waals surface area contributed by atoms with Crippen molar-refractivity contribution in [3.8, 4) is 11.4 Å². The Hall–Kier alpha value is -3.36. The van der Waals surface area contributed by atoms with Gasteiger partial charge < -0.3 is 15.4 Å². The SMILES string of the molecule is COc1ccc(Cl)cc1NC(=O)CN(C)CC(=O)Nc1cc(C)nn1-c1ccc(C)cc1. The van der Waals surface area contributed by atoms with Crippen LogP contribution in [-0.4, -0.2) is 53.7 Å². The summed E-state index contributed by atoms with van der Waals surface area (Å²) in [6.45, 7) is 3.91. The number of amides is 2. The predicted octanol–water partition coefficient (Wildman–Crippen LogP) is 3.66. The number of likely N-dealkylation sites (N-methyl/N-ethyl adjacent to an activating group) is 1. The van der Waals surface area contributed by atoms with Crippen molar-refractivity contribution in [2.45, 2.75) is 13.8 Å². The van der Waals surface area contributed by atoms with Gasteiger partial charge in [0, 0.05) is 11.1 Å². The lowest BCUT2D eigenvalue weighted by atomic mass is 10.2. The van der Waals surface area contributed by atoms with Crippen LogP contribution < -0.4 is 15.4 Å². The molecule has 3 aromatic rings. The van der Waals surface area contributed by atoms with Gasteiger partial charge in [-0.3, -0.25) is 14.5 Å². The van der Waals surface area contributed by atoms with Crippen molar-refractivity contribution in [2.75, 3.05) is 37.9 Å². The standard InChI is InChI=1S/C23H26ClN5O3/c1-15-5-8-18(9-6-15)29-21(11-16(2)27-29)26-23(31)14-28(3)13-22(30)25-19-12-17(24)7-10-20(19)32-4/h5-12H,13-14H2,1-4H3,(H,25,30)(H,26,31). The molecule has 0 spiro atoms. The number of rotatable bonds is 8. The highest BCUT2D eigenvalue weighted by Crippen LogP contribution is 2.27. The first-order chi connectivity index (χ1) is 15.2. The minimum atomic E-state index is -0.290. The topological polar surface area (TPSA) is 88.5 Å². The molecule has 0 radical (unpaired) electrons. The van der Waals surface area contributed by atoms with E-state index in [1.807, 2.05) is 38.1 Å². The van der Waals surface area contributed by atoms with Gasteiger partial charge in [-0.2, -0.15) is 5.10 Å². The molecule has 168 valence electrons. The first kappa shape index (κ1) is 23.3. The van der Waals surface area contributed by atoms with Crippen molar-refractivity contribution in [1.29, 1.82) is 0 Å². The van der Waals surface area contributed by atoms with Gasteiger partial charge in [-0.05, 0) is 51.2 Å². The number of methoxy groups -OCH3 is 1. The molecule has 1 aromatic heterocycles. The van der Waals surface area contributed by atoms with E-state index in [1.54, 1.807) is 40.9 Å². The molecule has 1 heterocycles. The van der Waals surface area contributed by atoms with E-state index in [2.05, 4.69) is 15.7 Å². The number of nitrogens with one attached hydrogen (secondary N) is 2. The van der Waals surface area contributed by atoms with Gasteiger partial charge >= 0.3 is 0 Å². The number of aromatic nitrogens is 2. The molecule has 32 heavy (non-hydrogen) atoms. The lowest BCUT2D eigenvalue weighted by Crippen LogP contribution is -2.36. The van der Waals surface area contributed by atoms with Gasteiger partial charge in [-0.25, -0.2) is 4.68 Å². The van der Waals surface area contributed by atoms with Crippen LogP contribution in [0.4, 0.5) is 11.5 Å². The van der Waals surface area contributed by atoms with Crippen molar-refractivity contribution < 1.29 is 14.3 Å². The molecule has 8 nitrogen and oxygen atoms in total. The van der Waals surface area contributed by atoms with Crippen LogP contribution in [0.2, 0.25) is 5.02 Å². The third kappa shape index (κ3) is 6.09. The van der Waals surface area contributed by atoms with E-state index >= 15 is 0 Å². The number of ether oxygens (including phenoxy) is 1. The summed E-state index contributed by atoms with van der Waals surface area (Å²) >= 11 is 6.00. The summed E-state index contributed by atoms with van der Waals surface area (Å²) in [6.07, 6.45) is 0. The number of carbonyl (C=O) groups excluding carboxylic acids is 2. The van der Waals surface area contributed by atoms with Crippen LogP contribution in [0.3, 0.4) is 0 Å². The van der Waals surface area contributed by atoms with Gasteiger partial charge in [0.2, 0.25) is 11.8 Å². The molecule has 2 amide bonds. The molecule has 2 N–H and O–H groups in total. The summed E-state index contributed by atoms with van der Waals surface area (Å²) in [5, 5.41) is 10.6. The van der Waals surface area contributed by atoms with Crippen LogP contribution in [0, 0.1) is 13.8 Å². The van der Waals surface area contributed by atoms with Gasteiger partial charge in [0.05, 0.1) is 37.3 Å². The van der Waals surface area contributed by atoms with Crippen molar-refractivity contribution in [1.82, 2.24) is 14.7 Å². The molecular formula is C23H26ClN5O3. The number of nitrogens with zero attached hydrogens (tertiary/aromatic N) is 3. The highest BCUT2D eigenvalue weighted by Gasteiger charge is 2.15. The van der Waals surface area contributed by atoms with E-state index in [1.165, 1.54) is 7.11 Å². The van der Waals surface area contributed by atoms with Gasteiger partial charge in [0.15, 0.2) is 0 Å². The van der Waals surface area contributed by atoms with Crippen LogP contribution in [-0.2, 0) is 9.59 Å². The molecule has 2 aromatic carbocycles. The average Bonchev–Trinajstić information content (AvgIpc) is 3.08. The van der Waals surface area contributed by atoms with Crippen LogP contribution in [0.15, 0.2) is 48.5 Å². The van der Waals surface area contributed by atoms with Gasteiger partial charge in [0.25, 0.3) is 0 Å². The monoisotopic (exact) mass is 455 g/mol. The number of hydrogen-bond acceptors (Lipinski definition) is 5. The minimum absolute atomic E-state index is 0.0132. The van der Waals surface area contributed by atoms with E-state index in [0.29, 0.717) is 22.3 Å². The number of anilines is 2. The first-order valence-corrected chi connectivity index (χ1v) is 10.4. The molecule has 0 aliphatic carbocycles. The van der Waals surface area contributed by atoms with Crippen LogP contribution in [0.1, 0.15) is 11.3 Å². The molecular weight excluding hydrogens is 430 g/mol. The second kappa shape index (κ2) is 10.3. The third-order valence-corrected chi connectivity index (χ3v) is 4.88. The quantitative estimate of drug-likeness (QED) is 0.541. The zero-order valence-corrected chi connectivity index (χ0v) is 19.2. The zero-order valence-electron chi connectivity index (χ0n) is 18.5. The fourth-order valence-electron chi connectivity index (χ4n) is 3.17. The third-order valence-electron chi connectivity index (χ3n) is 4.64. The molecule has 3 rings (SSSR count). The van der Waals surface area contributed by atoms with Gasteiger partial charge in [-0.1, -0.05) is 29.3 Å². The Morgan fingerprint density at radius 1 is 1.03 bits per heavy atom. The summed E-state index contributed by atoms with van der Waals surface area (Å²) in [5.41, 5.74) is 3.24. The predicted molar refractivity (Wildman–Crippen MR) is 126 cm³/mol. The van der Waals surface area contributed by atoms with E-state index in [4.69, 9.17) is 16.3 Å². The highest BCUT2D eigenvalue weighted by molar-refractivity contribution is 6.31. The number of benzene rings is 2. The lowest BCUT2D eigenvalue weighted by molar-refractivity contribution is -0.119. The Balaban J connectivity index is 1.59. The maximum atomic E-state index is 12.6. The molecule has 0 aliphatic rings. The Morgan fingerprint density at radius 3 is 2.34 bits per heavy atom. The average molecular weight is 456 g/mol. The van der Waals surface area contributed by atoms with Crippen LogP contribution in [0.5, 0.6) is 5.75 Å². The summed E-state index contributed by atoms with van der Waals surface area (Å²) < 4.78 is 6.92. The Bertz CT molecular complexity index is 1110. The summed E-state index contributed by atoms with van der Waals surface area (Å²) in [6, 6.07) is 14.6. The summed E-state index contributed by atoms with van der Waals surface area (Å²) in [5.74, 6) is 0.524. The largest absolute Gasteiger partial charge is 0.495 e. The summed E-state index contributed by atoms with van der Waals surface area (Å²) in [7, 11) is 3.20. The molecule has 0 fully saturated rings.